The summed E-state index contributed by atoms with van der Waals surface area (Å²) in [6.45, 7) is 4.07. The third-order valence-corrected chi connectivity index (χ3v) is 2.93. The lowest BCUT2D eigenvalue weighted by Crippen LogP contribution is -2.23. The van der Waals surface area contributed by atoms with Gasteiger partial charge in [-0.2, -0.15) is 5.26 Å². The van der Waals surface area contributed by atoms with Crippen molar-refractivity contribution in [1.29, 1.82) is 5.26 Å². The van der Waals surface area contributed by atoms with E-state index in [0.29, 0.717) is 6.54 Å². The predicted molar refractivity (Wildman–Crippen MR) is 71.5 cm³/mol. The van der Waals surface area contributed by atoms with Crippen molar-refractivity contribution >= 4 is 5.69 Å². The van der Waals surface area contributed by atoms with Crippen molar-refractivity contribution < 1.29 is 10.2 Å². The highest BCUT2D eigenvalue weighted by Crippen LogP contribution is 2.21. The molecular formula is C14H20N2O2. The van der Waals surface area contributed by atoms with Crippen LogP contribution in [-0.2, 0) is 12.8 Å². The SMILES string of the molecule is CCc1cc(NCC(O)CO)cc(CC)c1C#N. The maximum atomic E-state index is 9.31. The number of anilines is 1. The monoisotopic (exact) mass is 248 g/mol. The first-order valence-electron chi connectivity index (χ1n) is 6.24. The van der Waals surface area contributed by atoms with E-state index in [1.165, 1.54) is 0 Å². The van der Waals surface area contributed by atoms with E-state index in [9.17, 15) is 5.11 Å². The van der Waals surface area contributed by atoms with Crippen LogP contribution in [0.25, 0.3) is 0 Å². The molecule has 1 aromatic rings. The van der Waals surface area contributed by atoms with Crippen molar-refractivity contribution in [1.82, 2.24) is 0 Å². The summed E-state index contributed by atoms with van der Waals surface area (Å²) in [5.74, 6) is 0. The number of aliphatic hydroxyl groups is 2. The number of rotatable bonds is 6. The largest absolute Gasteiger partial charge is 0.394 e. The highest BCUT2D eigenvalue weighted by molar-refractivity contribution is 5.56. The van der Waals surface area contributed by atoms with Gasteiger partial charge in [0.15, 0.2) is 0 Å². The van der Waals surface area contributed by atoms with Gasteiger partial charge in [0.2, 0.25) is 0 Å². The molecule has 1 atom stereocenters. The Morgan fingerprint density at radius 3 is 2.22 bits per heavy atom. The van der Waals surface area contributed by atoms with Crippen LogP contribution in [0.3, 0.4) is 0 Å². The summed E-state index contributed by atoms with van der Waals surface area (Å²) in [6.07, 6.45) is 0.831. The molecule has 0 radical (unpaired) electrons. The zero-order valence-corrected chi connectivity index (χ0v) is 10.9. The van der Waals surface area contributed by atoms with E-state index in [1.54, 1.807) is 0 Å². The smallest absolute Gasteiger partial charge is 0.0997 e. The molecule has 0 saturated carbocycles. The zero-order chi connectivity index (χ0) is 13.5. The van der Waals surface area contributed by atoms with Gasteiger partial charge in [-0.05, 0) is 36.1 Å². The van der Waals surface area contributed by atoms with E-state index in [1.807, 2.05) is 26.0 Å². The van der Waals surface area contributed by atoms with Crippen LogP contribution in [0.1, 0.15) is 30.5 Å². The second kappa shape index (κ2) is 7.00. The summed E-state index contributed by atoms with van der Waals surface area (Å²) >= 11 is 0. The van der Waals surface area contributed by atoms with Crippen LogP contribution < -0.4 is 5.32 Å². The molecule has 0 aliphatic carbocycles. The number of hydrogen-bond donors (Lipinski definition) is 3. The van der Waals surface area contributed by atoms with Gasteiger partial charge in [-0.25, -0.2) is 0 Å². The van der Waals surface area contributed by atoms with Crippen molar-refractivity contribution in [2.75, 3.05) is 18.5 Å². The van der Waals surface area contributed by atoms with E-state index in [0.717, 1.165) is 35.2 Å². The highest BCUT2D eigenvalue weighted by Gasteiger charge is 2.09. The van der Waals surface area contributed by atoms with Crippen molar-refractivity contribution in [2.45, 2.75) is 32.8 Å². The van der Waals surface area contributed by atoms with Crippen LogP contribution in [0.5, 0.6) is 0 Å². The van der Waals surface area contributed by atoms with Crippen molar-refractivity contribution in [3.8, 4) is 6.07 Å². The van der Waals surface area contributed by atoms with Crippen LogP contribution in [0.4, 0.5) is 5.69 Å². The summed E-state index contributed by atoms with van der Waals surface area (Å²) in [5.41, 5.74) is 3.67. The van der Waals surface area contributed by atoms with E-state index >= 15 is 0 Å². The molecule has 1 aromatic carbocycles. The number of hydrogen-bond acceptors (Lipinski definition) is 4. The molecule has 0 aromatic heterocycles. The van der Waals surface area contributed by atoms with E-state index in [2.05, 4.69) is 11.4 Å². The first kappa shape index (κ1) is 14.5. The number of nitriles is 1. The number of aryl methyl sites for hydroxylation is 2. The molecule has 0 saturated heterocycles. The summed E-state index contributed by atoms with van der Waals surface area (Å²) in [6, 6.07) is 6.12. The summed E-state index contributed by atoms with van der Waals surface area (Å²) in [4.78, 5) is 0. The Morgan fingerprint density at radius 2 is 1.83 bits per heavy atom. The molecule has 98 valence electrons. The summed E-state index contributed by atoms with van der Waals surface area (Å²) in [7, 11) is 0. The van der Waals surface area contributed by atoms with Gasteiger partial charge in [-0.1, -0.05) is 13.8 Å². The second-order valence-electron chi connectivity index (χ2n) is 4.21. The Bertz CT molecular complexity index is 413. The molecular weight excluding hydrogens is 228 g/mol. The van der Waals surface area contributed by atoms with E-state index in [4.69, 9.17) is 10.4 Å². The minimum absolute atomic E-state index is 0.259. The normalized spacial score (nSPS) is 11.9. The molecule has 3 N–H and O–H groups in total. The van der Waals surface area contributed by atoms with Crippen molar-refractivity contribution in [3.05, 3.63) is 28.8 Å². The molecule has 18 heavy (non-hydrogen) atoms. The van der Waals surface area contributed by atoms with Gasteiger partial charge in [0.1, 0.15) is 0 Å². The molecule has 0 aliphatic heterocycles. The molecule has 0 fully saturated rings. The van der Waals surface area contributed by atoms with Crippen LogP contribution in [0.15, 0.2) is 12.1 Å². The van der Waals surface area contributed by atoms with E-state index in [-0.39, 0.29) is 6.61 Å². The molecule has 0 bridgehead atoms. The number of aliphatic hydroxyl groups excluding tert-OH is 2. The Morgan fingerprint density at radius 1 is 1.28 bits per heavy atom. The molecule has 0 spiro atoms. The van der Waals surface area contributed by atoms with Crippen molar-refractivity contribution in [2.24, 2.45) is 0 Å². The quantitative estimate of drug-likeness (QED) is 0.712. The first-order valence-corrected chi connectivity index (χ1v) is 6.24. The van der Waals surface area contributed by atoms with Gasteiger partial charge < -0.3 is 15.5 Å². The topological polar surface area (TPSA) is 76.3 Å². The third kappa shape index (κ3) is 3.46. The lowest BCUT2D eigenvalue weighted by Gasteiger charge is -2.14. The van der Waals surface area contributed by atoms with Gasteiger partial charge in [0.25, 0.3) is 0 Å². The Hall–Kier alpha value is -1.57. The van der Waals surface area contributed by atoms with Crippen LogP contribution in [0.2, 0.25) is 0 Å². The van der Waals surface area contributed by atoms with Gasteiger partial charge in [0.05, 0.1) is 24.3 Å². The molecule has 1 unspecified atom stereocenters. The maximum Gasteiger partial charge on any atom is 0.0997 e. The maximum absolute atomic E-state index is 9.31. The predicted octanol–water partition coefficient (Wildman–Crippen LogP) is 1.45. The zero-order valence-electron chi connectivity index (χ0n) is 10.9. The summed E-state index contributed by atoms with van der Waals surface area (Å²) in [5, 5.41) is 30.3. The standard InChI is InChI=1S/C14H20N2O2/c1-3-10-5-12(16-8-13(18)9-17)6-11(4-2)14(10)7-15/h5-6,13,16-18H,3-4,8-9H2,1-2H3. The highest BCUT2D eigenvalue weighted by atomic mass is 16.3. The Labute approximate surface area is 108 Å². The van der Waals surface area contributed by atoms with Gasteiger partial charge >= 0.3 is 0 Å². The fraction of sp³-hybridized carbons (Fsp3) is 0.500. The first-order chi connectivity index (χ1) is 8.65. The molecule has 1 rings (SSSR count). The number of nitrogens with one attached hydrogen (secondary N) is 1. The van der Waals surface area contributed by atoms with E-state index < -0.39 is 6.10 Å². The molecule has 0 aliphatic rings. The van der Waals surface area contributed by atoms with Crippen LogP contribution >= 0.6 is 0 Å². The molecule has 4 heteroatoms. The molecule has 0 heterocycles. The number of nitrogens with zero attached hydrogens (tertiary/aromatic N) is 1. The molecule has 0 amide bonds. The number of benzene rings is 1. The molecule has 4 nitrogen and oxygen atoms in total. The third-order valence-electron chi connectivity index (χ3n) is 2.93. The van der Waals surface area contributed by atoms with Gasteiger partial charge in [-0.3, -0.25) is 0 Å². The second-order valence-corrected chi connectivity index (χ2v) is 4.21. The average molecular weight is 248 g/mol. The summed E-state index contributed by atoms with van der Waals surface area (Å²) < 4.78 is 0. The fourth-order valence-electron chi connectivity index (χ4n) is 1.87. The lowest BCUT2D eigenvalue weighted by atomic mass is 9.97. The fourth-order valence-corrected chi connectivity index (χ4v) is 1.87. The van der Waals surface area contributed by atoms with Gasteiger partial charge in [0, 0.05) is 12.2 Å². The lowest BCUT2D eigenvalue weighted by molar-refractivity contribution is 0.105. The Balaban J connectivity index is 2.97. The minimum Gasteiger partial charge on any atom is -0.394 e. The van der Waals surface area contributed by atoms with Gasteiger partial charge in [-0.15, -0.1) is 0 Å². The average Bonchev–Trinajstić information content (AvgIpc) is 2.43. The Kier molecular flexibility index (Phi) is 5.63. The van der Waals surface area contributed by atoms with Crippen LogP contribution in [-0.4, -0.2) is 29.5 Å². The van der Waals surface area contributed by atoms with Crippen LogP contribution in [0, 0.1) is 11.3 Å². The minimum atomic E-state index is -0.768. The van der Waals surface area contributed by atoms with Crippen molar-refractivity contribution in [3.63, 3.8) is 0 Å².